The lowest BCUT2D eigenvalue weighted by Gasteiger charge is -2.22. The summed E-state index contributed by atoms with van der Waals surface area (Å²) in [5, 5.41) is 11.1. The van der Waals surface area contributed by atoms with Gasteiger partial charge in [0.25, 0.3) is 0 Å². The maximum atomic E-state index is 4.42. The molecule has 0 aliphatic carbocycles. The van der Waals surface area contributed by atoms with Crippen molar-refractivity contribution in [3.63, 3.8) is 0 Å². The van der Waals surface area contributed by atoms with Gasteiger partial charge in [0.2, 0.25) is 5.95 Å². The number of aromatic nitrogens is 3. The van der Waals surface area contributed by atoms with Crippen LogP contribution < -0.4 is 10.6 Å². The summed E-state index contributed by atoms with van der Waals surface area (Å²) in [6.45, 7) is 2.12. The molecular weight excluding hydrogens is 202 g/mol. The Morgan fingerprint density at radius 2 is 2.44 bits per heavy atom. The molecule has 16 heavy (non-hydrogen) atoms. The van der Waals surface area contributed by atoms with E-state index in [2.05, 4.69) is 20.7 Å². The van der Waals surface area contributed by atoms with Gasteiger partial charge in [-0.05, 0) is 31.5 Å². The SMILES string of the molecule is c1ccn2nc(NC3CCCNC3)nc2c1. The Labute approximate surface area is 93.9 Å². The van der Waals surface area contributed by atoms with E-state index in [9.17, 15) is 0 Å². The first-order valence-electron chi connectivity index (χ1n) is 5.70. The zero-order chi connectivity index (χ0) is 10.8. The van der Waals surface area contributed by atoms with E-state index >= 15 is 0 Å². The van der Waals surface area contributed by atoms with Crippen molar-refractivity contribution in [3.8, 4) is 0 Å². The molecular formula is C11H15N5. The van der Waals surface area contributed by atoms with Crippen molar-refractivity contribution in [1.29, 1.82) is 0 Å². The second-order valence-corrected chi connectivity index (χ2v) is 4.13. The molecule has 3 heterocycles. The summed E-state index contributed by atoms with van der Waals surface area (Å²) in [7, 11) is 0. The molecule has 0 saturated carbocycles. The summed E-state index contributed by atoms with van der Waals surface area (Å²) < 4.78 is 1.79. The maximum Gasteiger partial charge on any atom is 0.243 e. The van der Waals surface area contributed by atoms with E-state index in [1.54, 1.807) is 4.52 Å². The van der Waals surface area contributed by atoms with Crippen LogP contribution in [0.15, 0.2) is 24.4 Å². The smallest absolute Gasteiger partial charge is 0.243 e. The summed E-state index contributed by atoms with van der Waals surface area (Å²) in [6, 6.07) is 6.33. The fourth-order valence-electron chi connectivity index (χ4n) is 2.05. The fraction of sp³-hybridized carbons (Fsp3) is 0.455. The van der Waals surface area contributed by atoms with Gasteiger partial charge >= 0.3 is 0 Å². The van der Waals surface area contributed by atoms with E-state index in [0.717, 1.165) is 24.7 Å². The van der Waals surface area contributed by atoms with Crippen molar-refractivity contribution in [2.75, 3.05) is 18.4 Å². The zero-order valence-electron chi connectivity index (χ0n) is 9.06. The number of fused-ring (bicyclic) bond motifs is 1. The third kappa shape index (κ3) is 1.86. The molecule has 2 aromatic rings. The first-order valence-corrected chi connectivity index (χ1v) is 5.70. The highest BCUT2D eigenvalue weighted by Crippen LogP contribution is 2.09. The van der Waals surface area contributed by atoms with Crippen LogP contribution in [0.2, 0.25) is 0 Å². The molecule has 1 saturated heterocycles. The maximum absolute atomic E-state index is 4.42. The lowest BCUT2D eigenvalue weighted by Crippen LogP contribution is -2.38. The molecule has 1 atom stereocenters. The van der Waals surface area contributed by atoms with Crippen LogP contribution in [0, 0.1) is 0 Å². The van der Waals surface area contributed by atoms with Crippen molar-refractivity contribution >= 4 is 11.6 Å². The normalized spacial score (nSPS) is 21.1. The Morgan fingerprint density at radius 1 is 1.44 bits per heavy atom. The van der Waals surface area contributed by atoms with Gasteiger partial charge in [0.05, 0.1) is 0 Å². The first kappa shape index (κ1) is 9.59. The number of nitrogens with one attached hydrogen (secondary N) is 2. The monoisotopic (exact) mass is 217 g/mol. The highest BCUT2D eigenvalue weighted by Gasteiger charge is 2.14. The van der Waals surface area contributed by atoms with E-state index in [4.69, 9.17) is 0 Å². The molecule has 0 radical (unpaired) electrons. The van der Waals surface area contributed by atoms with Gasteiger partial charge in [0.1, 0.15) is 0 Å². The highest BCUT2D eigenvalue weighted by atomic mass is 15.3. The van der Waals surface area contributed by atoms with Gasteiger partial charge in [-0.3, -0.25) is 0 Å². The van der Waals surface area contributed by atoms with Crippen LogP contribution >= 0.6 is 0 Å². The van der Waals surface area contributed by atoms with Gasteiger partial charge in [-0.25, -0.2) is 4.52 Å². The lowest BCUT2D eigenvalue weighted by molar-refractivity contribution is 0.478. The van der Waals surface area contributed by atoms with Gasteiger partial charge in [0.15, 0.2) is 5.65 Å². The Hall–Kier alpha value is -1.62. The molecule has 84 valence electrons. The summed E-state index contributed by atoms with van der Waals surface area (Å²) >= 11 is 0. The standard InChI is InChI=1S/C11H15N5/c1-2-7-16-10(5-1)14-11(15-16)13-9-4-3-6-12-8-9/h1-2,5,7,9,12H,3-4,6,8H2,(H,13,15). The first-order chi connectivity index (χ1) is 7.92. The molecule has 0 bridgehead atoms. The topological polar surface area (TPSA) is 54.2 Å². The number of piperidine rings is 1. The predicted octanol–water partition coefficient (Wildman–Crippen LogP) is 0.893. The van der Waals surface area contributed by atoms with E-state index in [1.807, 2.05) is 24.4 Å². The second-order valence-electron chi connectivity index (χ2n) is 4.13. The lowest BCUT2D eigenvalue weighted by atomic mass is 10.1. The summed E-state index contributed by atoms with van der Waals surface area (Å²) in [6.07, 6.45) is 4.31. The minimum absolute atomic E-state index is 0.450. The molecule has 1 aliphatic heterocycles. The van der Waals surface area contributed by atoms with E-state index < -0.39 is 0 Å². The van der Waals surface area contributed by atoms with Crippen LogP contribution in [-0.4, -0.2) is 33.7 Å². The Morgan fingerprint density at radius 3 is 3.25 bits per heavy atom. The fourth-order valence-corrected chi connectivity index (χ4v) is 2.05. The Bertz CT molecular complexity index is 439. The van der Waals surface area contributed by atoms with Crippen molar-refractivity contribution in [1.82, 2.24) is 19.9 Å². The minimum atomic E-state index is 0.450. The zero-order valence-corrected chi connectivity index (χ0v) is 9.06. The molecule has 0 aromatic carbocycles. The predicted molar refractivity (Wildman–Crippen MR) is 62.5 cm³/mol. The molecule has 5 heteroatoms. The highest BCUT2D eigenvalue weighted by molar-refractivity contribution is 5.43. The number of hydrogen-bond donors (Lipinski definition) is 2. The van der Waals surface area contributed by atoms with Gasteiger partial charge in [-0.2, -0.15) is 4.98 Å². The van der Waals surface area contributed by atoms with Crippen LogP contribution in [0.25, 0.3) is 5.65 Å². The van der Waals surface area contributed by atoms with Crippen molar-refractivity contribution in [3.05, 3.63) is 24.4 Å². The summed E-state index contributed by atoms with van der Waals surface area (Å²) in [5.74, 6) is 0.722. The van der Waals surface area contributed by atoms with E-state index in [-0.39, 0.29) is 0 Å². The summed E-state index contributed by atoms with van der Waals surface area (Å²) in [5.41, 5.74) is 0.883. The quantitative estimate of drug-likeness (QED) is 0.784. The van der Waals surface area contributed by atoms with Crippen molar-refractivity contribution < 1.29 is 0 Å². The molecule has 3 rings (SSSR count). The van der Waals surface area contributed by atoms with Crippen molar-refractivity contribution in [2.45, 2.75) is 18.9 Å². The summed E-state index contributed by atoms with van der Waals surface area (Å²) in [4.78, 5) is 4.42. The number of anilines is 1. The van der Waals surface area contributed by atoms with Crippen molar-refractivity contribution in [2.24, 2.45) is 0 Å². The second kappa shape index (κ2) is 4.09. The minimum Gasteiger partial charge on any atom is -0.349 e. The average Bonchev–Trinajstić information content (AvgIpc) is 2.72. The molecule has 2 aromatic heterocycles. The average molecular weight is 217 g/mol. The molecule has 0 amide bonds. The molecule has 1 aliphatic rings. The van der Waals surface area contributed by atoms with E-state index in [0.29, 0.717) is 6.04 Å². The largest absolute Gasteiger partial charge is 0.349 e. The third-order valence-corrected chi connectivity index (χ3v) is 2.87. The van der Waals surface area contributed by atoms with Gasteiger partial charge < -0.3 is 10.6 Å². The van der Waals surface area contributed by atoms with Gasteiger partial charge in [0, 0.05) is 18.8 Å². The number of hydrogen-bond acceptors (Lipinski definition) is 4. The third-order valence-electron chi connectivity index (χ3n) is 2.87. The molecule has 1 unspecified atom stereocenters. The Kier molecular flexibility index (Phi) is 2.46. The van der Waals surface area contributed by atoms with Crippen LogP contribution in [0.1, 0.15) is 12.8 Å². The number of rotatable bonds is 2. The van der Waals surface area contributed by atoms with Crippen LogP contribution in [0.4, 0.5) is 5.95 Å². The molecule has 0 spiro atoms. The number of pyridine rings is 1. The molecule has 1 fully saturated rings. The Balaban J connectivity index is 1.78. The molecule has 5 nitrogen and oxygen atoms in total. The van der Waals surface area contributed by atoms with Crippen LogP contribution in [0.3, 0.4) is 0 Å². The van der Waals surface area contributed by atoms with E-state index in [1.165, 1.54) is 12.8 Å². The van der Waals surface area contributed by atoms with Gasteiger partial charge in [-0.1, -0.05) is 6.07 Å². The van der Waals surface area contributed by atoms with Crippen LogP contribution in [-0.2, 0) is 0 Å². The molecule has 2 N–H and O–H groups in total. The van der Waals surface area contributed by atoms with Gasteiger partial charge in [-0.15, -0.1) is 5.10 Å². The van der Waals surface area contributed by atoms with Crippen LogP contribution in [0.5, 0.6) is 0 Å². The number of nitrogens with zero attached hydrogens (tertiary/aromatic N) is 3.